The topological polar surface area (TPSA) is 26.2 Å². The van der Waals surface area contributed by atoms with Crippen molar-refractivity contribution in [1.82, 2.24) is 9.13 Å². The zero-order chi connectivity index (χ0) is 40.7. The van der Waals surface area contributed by atoms with Gasteiger partial charge < -0.3 is 18.5 Å². The Kier molecular flexibility index (Phi) is 7.57. The fourth-order valence-electron chi connectivity index (χ4n) is 9.97. The molecule has 0 fully saturated rings. The molecule has 3 aromatic heterocycles. The summed E-state index contributed by atoms with van der Waals surface area (Å²) in [6.07, 6.45) is 0. The first-order valence-electron chi connectivity index (χ1n) is 21.2. The van der Waals surface area contributed by atoms with Crippen molar-refractivity contribution in [3.05, 3.63) is 224 Å². The van der Waals surface area contributed by atoms with Gasteiger partial charge in [-0.25, -0.2) is 0 Å². The summed E-state index contributed by atoms with van der Waals surface area (Å²) in [6.45, 7) is 0. The second-order valence-corrected chi connectivity index (χ2v) is 16.1. The lowest BCUT2D eigenvalue weighted by Crippen LogP contribution is -2.11. The number of aromatic nitrogens is 2. The molecular weight excluding hydrogens is 755 g/mol. The van der Waals surface area contributed by atoms with E-state index in [1.54, 1.807) is 0 Å². The molecule has 0 aliphatic carbocycles. The number of fused-ring (bicyclic) bond motifs is 10. The number of rotatable bonds is 6. The second kappa shape index (κ2) is 13.6. The molecule has 0 radical (unpaired) electrons. The molecule has 0 unspecified atom stereocenters. The van der Waals surface area contributed by atoms with Gasteiger partial charge in [0.05, 0.1) is 39.1 Å². The van der Waals surface area contributed by atoms with E-state index in [2.05, 4.69) is 232 Å². The van der Waals surface area contributed by atoms with Crippen LogP contribution >= 0.6 is 0 Å². The highest BCUT2D eigenvalue weighted by molar-refractivity contribution is 6.15. The first-order valence-corrected chi connectivity index (χ1v) is 21.2. The van der Waals surface area contributed by atoms with E-state index in [1.807, 2.05) is 6.07 Å². The lowest BCUT2D eigenvalue weighted by atomic mass is 10.0. The number of hydrogen-bond donors (Lipinski definition) is 0. The summed E-state index contributed by atoms with van der Waals surface area (Å²) in [5, 5.41) is 9.47. The van der Waals surface area contributed by atoms with E-state index in [4.69, 9.17) is 4.42 Å². The summed E-state index contributed by atoms with van der Waals surface area (Å²) in [4.78, 5) is 2.38. The summed E-state index contributed by atoms with van der Waals surface area (Å²) in [6, 6.07) is 80.9. The molecule has 0 amide bonds. The van der Waals surface area contributed by atoms with Crippen molar-refractivity contribution in [2.45, 2.75) is 0 Å². The fraction of sp³-hybridized carbons (Fsp3) is 0. The number of nitrogens with zero attached hydrogens (tertiary/aromatic N) is 3. The van der Waals surface area contributed by atoms with Gasteiger partial charge in [0, 0.05) is 54.5 Å². The highest BCUT2D eigenvalue weighted by atomic mass is 16.3. The number of furan rings is 1. The molecule has 3 heterocycles. The largest absolute Gasteiger partial charge is 0.454 e. The minimum Gasteiger partial charge on any atom is -0.454 e. The number of benzene rings is 10. The Hall–Kier alpha value is -8.34. The Morgan fingerprint density at radius 2 is 0.871 bits per heavy atom. The number of anilines is 3. The third-order valence-corrected chi connectivity index (χ3v) is 12.7. The van der Waals surface area contributed by atoms with Crippen LogP contribution in [0.5, 0.6) is 0 Å². The summed E-state index contributed by atoms with van der Waals surface area (Å²) >= 11 is 0. The van der Waals surface area contributed by atoms with E-state index >= 15 is 0 Å². The maximum absolute atomic E-state index is 6.75. The van der Waals surface area contributed by atoms with Gasteiger partial charge in [0.15, 0.2) is 5.58 Å². The van der Waals surface area contributed by atoms with Crippen molar-refractivity contribution in [3.8, 4) is 22.5 Å². The van der Waals surface area contributed by atoms with E-state index in [0.29, 0.717) is 0 Å². The summed E-state index contributed by atoms with van der Waals surface area (Å²) in [5.74, 6) is 0. The van der Waals surface area contributed by atoms with Gasteiger partial charge in [-0.05, 0) is 90.0 Å². The monoisotopic (exact) mass is 791 g/mol. The molecule has 62 heavy (non-hydrogen) atoms. The van der Waals surface area contributed by atoms with Crippen molar-refractivity contribution in [1.29, 1.82) is 0 Å². The fourth-order valence-corrected chi connectivity index (χ4v) is 9.97. The minimum absolute atomic E-state index is 0.855. The van der Waals surface area contributed by atoms with Gasteiger partial charge in [-0.3, -0.25) is 0 Å². The van der Waals surface area contributed by atoms with E-state index in [-0.39, 0.29) is 0 Å². The molecule has 0 spiro atoms. The molecule has 0 saturated heterocycles. The predicted molar refractivity (Wildman–Crippen MR) is 260 cm³/mol. The molecule has 4 heteroatoms. The van der Waals surface area contributed by atoms with Crippen LogP contribution in [-0.4, -0.2) is 9.13 Å². The molecule has 10 aromatic carbocycles. The molecule has 0 aliphatic rings. The molecule has 13 rings (SSSR count). The normalized spacial score (nSPS) is 11.9. The number of para-hydroxylation sites is 6. The van der Waals surface area contributed by atoms with Crippen molar-refractivity contribution >= 4 is 93.4 Å². The standard InChI is InChI=1S/C58H37N3O/c1-2-15-40(16-3-1)59-50-24-10-8-21-46(50)49-37-39(31-34-55(49)59)38-29-32-41(33-30-38)60(56-27-14-23-48-47-22-9-13-28-57(47)62-58(48)56)53-35-36-54(45-18-5-4-17-44(45)53)61-51-25-11-6-19-42(51)43-20-7-12-26-52(43)61/h1-37H. The molecule has 0 N–H and O–H groups in total. The zero-order valence-electron chi connectivity index (χ0n) is 33.6. The van der Waals surface area contributed by atoms with Gasteiger partial charge in [0.1, 0.15) is 5.58 Å². The third-order valence-electron chi connectivity index (χ3n) is 12.7. The van der Waals surface area contributed by atoms with Gasteiger partial charge in [-0.15, -0.1) is 0 Å². The van der Waals surface area contributed by atoms with Gasteiger partial charge in [0.25, 0.3) is 0 Å². The molecule has 290 valence electrons. The maximum atomic E-state index is 6.75. The lowest BCUT2D eigenvalue weighted by Gasteiger charge is -2.28. The lowest BCUT2D eigenvalue weighted by molar-refractivity contribution is 0.669. The van der Waals surface area contributed by atoms with Crippen LogP contribution < -0.4 is 4.90 Å². The molecular formula is C58H37N3O. The van der Waals surface area contributed by atoms with Gasteiger partial charge >= 0.3 is 0 Å². The highest BCUT2D eigenvalue weighted by Gasteiger charge is 2.23. The van der Waals surface area contributed by atoms with E-state index in [1.165, 1.54) is 49.2 Å². The second-order valence-electron chi connectivity index (χ2n) is 16.1. The molecule has 0 aliphatic heterocycles. The zero-order valence-corrected chi connectivity index (χ0v) is 33.6. The predicted octanol–water partition coefficient (Wildman–Crippen LogP) is 16.1. The Morgan fingerprint density at radius 3 is 1.60 bits per heavy atom. The third kappa shape index (κ3) is 5.14. The molecule has 0 atom stereocenters. The Labute approximate surface area is 357 Å². The van der Waals surface area contributed by atoms with Crippen LogP contribution in [0.25, 0.3) is 98.8 Å². The summed E-state index contributed by atoms with van der Waals surface area (Å²) in [5.41, 5.74) is 14.2. The van der Waals surface area contributed by atoms with Crippen molar-refractivity contribution in [3.63, 3.8) is 0 Å². The van der Waals surface area contributed by atoms with E-state index < -0.39 is 0 Å². The van der Waals surface area contributed by atoms with Crippen LogP contribution in [0.3, 0.4) is 0 Å². The molecule has 4 nitrogen and oxygen atoms in total. The Morgan fingerprint density at radius 1 is 0.323 bits per heavy atom. The van der Waals surface area contributed by atoms with Crippen molar-refractivity contribution in [2.24, 2.45) is 0 Å². The SMILES string of the molecule is c1ccc(-n2c3ccccc3c3cc(-c4ccc(N(c5ccc(-n6c7ccccc7c7ccccc76)c6ccccc56)c5cccc6c5oc5ccccc56)cc4)ccc32)cc1. The van der Waals surface area contributed by atoms with Crippen molar-refractivity contribution in [2.75, 3.05) is 4.90 Å². The van der Waals surface area contributed by atoms with Crippen LogP contribution in [0.4, 0.5) is 17.1 Å². The molecule has 13 aromatic rings. The number of hydrogen-bond acceptors (Lipinski definition) is 2. The first kappa shape index (κ1) is 34.5. The summed E-state index contributed by atoms with van der Waals surface area (Å²) < 4.78 is 11.5. The highest BCUT2D eigenvalue weighted by Crippen LogP contribution is 2.46. The quantitative estimate of drug-likeness (QED) is 0.168. The van der Waals surface area contributed by atoms with Crippen LogP contribution in [0.2, 0.25) is 0 Å². The average molecular weight is 792 g/mol. The van der Waals surface area contributed by atoms with Crippen LogP contribution in [-0.2, 0) is 0 Å². The van der Waals surface area contributed by atoms with Crippen LogP contribution in [0.15, 0.2) is 229 Å². The van der Waals surface area contributed by atoms with Crippen LogP contribution in [0.1, 0.15) is 0 Å². The smallest absolute Gasteiger partial charge is 0.159 e. The van der Waals surface area contributed by atoms with Gasteiger partial charge in [0.2, 0.25) is 0 Å². The summed E-state index contributed by atoms with van der Waals surface area (Å²) in [7, 11) is 0. The van der Waals surface area contributed by atoms with E-state index in [9.17, 15) is 0 Å². The minimum atomic E-state index is 0.855. The van der Waals surface area contributed by atoms with Gasteiger partial charge in [-0.1, -0.05) is 146 Å². The molecule has 0 saturated carbocycles. The van der Waals surface area contributed by atoms with E-state index in [0.717, 1.165) is 66.7 Å². The Balaban J connectivity index is 1.00. The van der Waals surface area contributed by atoms with Crippen LogP contribution in [0, 0.1) is 0 Å². The van der Waals surface area contributed by atoms with Gasteiger partial charge in [-0.2, -0.15) is 0 Å². The molecule has 0 bridgehead atoms. The maximum Gasteiger partial charge on any atom is 0.159 e. The van der Waals surface area contributed by atoms with Crippen molar-refractivity contribution < 1.29 is 4.42 Å². The Bertz CT molecular complexity index is 3820. The first-order chi connectivity index (χ1) is 30.8. The average Bonchev–Trinajstić information content (AvgIpc) is 4.00.